The Morgan fingerprint density at radius 3 is 2.23 bits per heavy atom. The van der Waals surface area contributed by atoms with E-state index in [1.807, 2.05) is 19.9 Å². The Labute approximate surface area is 130 Å². The van der Waals surface area contributed by atoms with Crippen molar-refractivity contribution in [2.75, 3.05) is 11.8 Å². The summed E-state index contributed by atoms with van der Waals surface area (Å²) in [6.07, 6.45) is 0. The zero-order valence-corrected chi connectivity index (χ0v) is 13.4. The van der Waals surface area contributed by atoms with Gasteiger partial charge in [0.1, 0.15) is 4.90 Å². The fourth-order valence-corrected chi connectivity index (χ4v) is 3.46. The number of hydrogen-bond acceptors (Lipinski definition) is 4. The number of aryl methyl sites for hydroxylation is 2. The van der Waals surface area contributed by atoms with E-state index >= 15 is 0 Å². The maximum Gasteiger partial charge on any atom is 0.339 e. The molecule has 22 heavy (non-hydrogen) atoms. The second-order valence-corrected chi connectivity index (χ2v) is 6.62. The number of rotatable bonds is 4. The van der Waals surface area contributed by atoms with Crippen molar-refractivity contribution in [3.05, 3.63) is 59.2 Å². The third-order valence-corrected chi connectivity index (χ3v) is 4.50. The summed E-state index contributed by atoms with van der Waals surface area (Å²) in [7, 11) is -2.67. The van der Waals surface area contributed by atoms with Crippen LogP contribution >= 0.6 is 0 Å². The minimum Gasteiger partial charge on any atom is -0.465 e. The maximum absolute atomic E-state index is 12.5. The minimum absolute atomic E-state index is 0.00174. The molecule has 0 aliphatic rings. The van der Waals surface area contributed by atoms with Gasteiger partial charge in [-0.25, -0.2) is 13.2 Å². The Morgan fingerprint density at radius 1 is 1.05 bits per heavy atom. The van der Waals surface area contributed by atoms with Gasteiger partial charge < -0.3 is 4.74 Å². The molecule has 1 N–H and O–H groups in total. The lowest BCUT2D eigenvalue weighted by Gasteiger charge is -2.12. The number of benzene rings is 2. The third kappa shape index (κ3) is 3.46. The molecule has 2 aromatic carbocycles. The van der Waals surface area contributed by atoms with Crippen LogP contribution in [-0.2, 0) is 14.8 Å². The number of anilines is 1. The van der Waals surface area contributed by atoms with Crippen molar-refractivity contribution < 1.29 is 17.9 Å². The largest absolute Gasteiger partial charge is 0.465 e. The molecule has 0 bridgehead atoms. The zero-order valence-electron chi connectivity index (χ0n) is 12.6. The molecule has 0 aliphatic heterocycles. The number of sulfonamides is 1. The third-order valence-electron chi connectivity index (χ3n) is 3.06. The molecule has 0 radical (unpaired) electrons. The summed E-state index contributed by atoms with van der Waals surface area (Å²) in [5.74, 6) is -0.693. The summed E-state index contributed by atoms with van der Waals surface area (Å²) in [5.41, 5.74) is 2.34. The first-order valence-electron chi connectivity index (χ1n) is 6.62. The standard InChI is InChI=1S/C16H17NO4S/c1-11-8-12(2)10-13(9-11)17-22(19,20)15-7-5-4-6-14(15)16(18)21-3/h4-10,17H,1-3H3. The van der Waals surface area contributed by atoms with Crippen LogP contribution in [0.2, 0.25) is 0 Å². The average molecular weight is 319 g/mol. The fourth-order valence-electron chi connectivity index (χ4n) is 2.22. The lowest BCUT2D eigenvalue weighted by Crippen LogP contribution is -2.17. The lowest BCUT2D eigenvalue weighted by atomic mass is 10.1. The van der Waals surface area contributed by atoms with E-state index in [9.17, 15) is 13.2 Å². The molecule has 0 aliphatic carbocycles. The van der Waals surface area contributed by atoms with E-state index in [0.29, 0.717) is 5.69 Å². The Balaban J connectivity index is 2.45. The van der Waals surface area contributed by atoms with E-state index in [2.05, 4.69) is 9.46 Å². The first-order valence-corrected chi connectivity index (χ1v) is 8.10. The molecule has 2 rings (SSSR count). The van der Waals surface area contributed by atoms with Crippen LogP contribution < -0.4 is 4.72 Å². The molecule has 0 spiro atoms. The quantitative estimate of drug-likeness (QED) is 0.880. The van der Waals surface area contributed by atoms with E-state index in [1.54, 1.807) is 24.3 Å². The van der Waals surface area contributed by atoms with Gasteiger partial charge in [-0.15, -0.1) is 0 Å². The van der Waals surface area contributed by atoms with Crippen LogP contribution in [-0.4, -0.2) is 21.5 Å². The Kier molecular flexibility index (Phi) is 4.51. The Morgan fingerprint density at radius 2 is 1.64 bits per heavy atom. The number of ether oxygens (including phenoxy) is 1. The van der Waals surface area contributed by atoms with Gasteiger partial charge in [0.05, 0.1) is 12.7 Å². The molecule has 0 saturated carbocycles. The number of carbonyl (C=O) groups excluding carboxylic acids is 1. The topological polar surface area (TPSA) is 72.5 Å². The van der Waals surface area contributed by atoms with Crippen molar-refractivity contribution in [2.24, 2.45) is 0 Å². The molecule has 0 saturated heterocycles. The molecule has 0 atom stereocenters. The summed E-state index contributed by atoms with van der Waals surface area (Å²) >= 11 is 0. The molecule has 0 unspecified atom stereocenters. The highest BCUT2D eigenvalue weighted by atomic mass is 32.2. The van der Waals surface area contributed by atoms with Gasteiger partial charge in [0.15, 0.2) is 0 Å². The Bertz CT molecular complexity index is 792. The predicted octanol–water partition coefficient (Wildman–Crippen LogP) is 2.89. The van der Waals surface area contributed by atoms with Gasteiger partial charge in [-0.05, 0) is 49.2 Å². The summed E-state index contributed by atoms with van der Waals surface area (Å²) < 4.78 is 32.2. The van der Waals surface area contributed by atoms with Crippen LogP contribution in [0.4, 0.5) is 5.69 Å². The number of hydrogen-bond donors (Lipinski definition) is 1. The molecule has 0 aromatic heterocycles. The summed E-state index contributed by atoms with van der Waals surface area (Å²) in [5, 5.41) is 0. The van der Waals surface area contributed by atoms with Crippen LogP contribution in [0.1, 0.15) is 21.5 Å². The molecule has 116 valence electrons. The van der Waals surface area contributed by atoms with Gasteiger partial charge in [-0.2, -0.15) is 0 Å². The van der Waals surface area contributed by atoms with Crippen molar-refractivity contribution in [3.8, 4) is 0 Å². The van der Waals surface area contributed by atoms with Gasteiger partial charge >= 0.3 is 5.97 Å². The summed E-state index contributed by atoms with van der Waals surface area (Å²) in [6.45, 7) is 3.76. The van der Waals surface area contributed by atoms with Crippen molar-refractivity contribution in [1.29, 1.82) is 0 Å². The second kappa shape index (κ2) is 6.19. The summed E-state index contributed by atoms with van der Waals surface area (Å²) in [6, 6.07) is 11.3. The second-order valence-electron chi connectivity index (χ2n) is 4.97. The molecule has 0 fully saturated rings. The van der Waals surface area contributed by atoms with Crippen molar-refractivity contribution >= 4 is 21.7 Å². The monoisotopic (exact) mass is 319 g/mol. The van der Waals surface area contributed by atoms with E-state index in [0.717, 1.165) is 11.1 Å². The Hall–Kier alpha value is -2.34. The predicted molar refractivity (Wildman–Crippen MR) is 84.5 cm³/mol. The van der Waals surface area contributed by atoms with Crippen LogP contribution in [0.25, 0.3) is 0 Å². The molecular formula is C16H17NO4S. The lowest BCUT2D eigenvalue weighted by molar-refractivity contribution is 0.0596. The molecule has 0 amide bonds. The van der Waals surface area contributed by atoms with Gasteiger partial charge in [0, 0.05) is 5.69 Å². The van der Waals surface area contributed by atoms with Gasteiger partial charge in [0.25, 0.3) is 10.0 Å². The summed E-state index contributed by atoms with van der Waals surface area (Å²) in [4.78, 5) is 11.6. The van der Waals surface area contributed by atoms with E-state index < -0.39 is 16.0 Å². The normalized spacial score (nSPS) is 11.0. The van der Waals surface area contributed by atoms with Gasteiger partial charge in [-0.1, -0.05) is 18.2 Å². The number of carbonyl (C=O) groups is 1. The number of methoxy groups -OCH3 is 1. The molecule has 0 heterocycles. The SMILES string of the molecule is COC(=O)c1ccccc1S(=O)(=O)Nc1cc(C)cc(C)c1. The van der Waals surface area contributed by atoms with E-state index in [-0.39, 0.29) is 10.5 Å². The molecular weight excluding hydrogens is 302 g/mol. The smallest absolute Gasteiger partial charge is 0.339 e. The van der Waals surface area contributed by atoms with Crippen molar-refractivity contribution in [1.82, 2.24) is 0 Å². The van der Waals surface area contributed by atoms with E-state index in [4.69, 9.17) is 0 Å². The highest BCUT2D eigenvalue weighted by molar-refractivity contribution is 7.92. The van der Waals surface area contributed by atoms with Crippen molar-refractivity contribution in [2.45, 2.75) is 18.7 Å². The van der Waals surface area contributed by atoms with Crippen LogP contribution in [0, 0.1) is 13.8 Å². The molecule has 5 nitrogen and oxygen atoms in total. The fraction of sp³-hybridized carbons (Fsp3) is 0.188. The van der Waals surface area contributed by atoms with Crippen LogP contribution in [0.5, 0.6) is 0 Å². The number of esters is 1. The van der Waals surface area contributed by atoms with Crippen LogP contribution in [0.15, 0.2) is 47.4 Å². The van der Waals surface area contributed by atoms with Gasteiger partial charge in [-0.3, -0.25) is 4.72 Å². The van der Waals surface area contributed by atoms with E-state index in [1.165, 1.54) is 19.2 Å². The number of nitrogens with one attached hydrogen (secondary N) is 1. The highest BCUT2D eigenvalue weighted by Crippen LogP contribution is 2.22. The average Bonchev–Trinajstić information content (AvgIpc) is 2.44. The van der Waals surface area contributed by atoms with Crippen LogP contribution in [0.3, 0.4) is 0 Å². The first kappa shape index (κ1) is 16.0. The minimum atomic E-state index is -3.88. The molecule has 2 aromatic rings. The zero-order chi connectivity index (χ0) is 16.3. The maximum atomic E-state index is 12.5. The first-order chi connectivity index (χ1) is 10.3. The van der Waals surface area contributed by atoms with Crippen molar-refractivity contribution in [3.63, 3.8) is 0 Å². The highest BCUT2D eigenvalue weighted by Gasteiger charge is 2.22. The molecule has 6 heteroatoms. The van der Waals surface area contributed by atoms with Gasteiger partial charge in [0.2, 0.25) is 0 Å².